The van der Waals surface area contributed by atoms with Crippen molar-refractivity contribution in [3.05, 3.63) is 103 Å². The van der Waals surface area contributed by atoms with E-state index in [0.29, 0.717) is 0 Å². The first-order valence-corrected chi connectivity index (χ1v) is 9.70. The van der Waals surface area contributed by atoms with Gasteiger partial charge in [-0.15, -0.1) is 0 Å². The van der Waals surface area contributed by atoms with Crippen LogP contribution in [0.2, 0.25) is 0 Å². The number of rotatable bonds is 3. The molecule has 0 amide bonds. The molecule has 0 atom stereocenters. The van der Waals surface area contributed by atoms with E-state index in [1.54, 1.807) is 0 Å². The SMILES string of the molecule is O=P(c1ccccc1)(c1ccccc1)c1cccc2ccccc12.[Dy]. The summed E-state index contributed by atoms with van der Waals surface area (Å²) >= 11 is 0. The molecule has 0 aliphatic carbocycles. The minimum absolute atomic E-state index is 0. The number of hydrogen-bond donors (Lipinski definition) is 0. The Morgan fingerprint density at radius 1 is 0.520 bits per heavy atom. The summed E-state index contributed by atoms with van der Waals surface area (Å²) in [6.45, 7) is 0. The summed E-state index contributed by atoms with van der Waals surface area (Å²) in [5, 5.41) is 4.80. The van der Waals surface area contributed by atoms with Crippen LogP contribution < -0.4 is 15.9 Å². The van der Waals surface area contributed by atoms with E-state index in [2.05, 4.69) is 18.2 Å². The molecular formula is C22H17DyOP. The molecule has 0 heterocycles. The molecule has 0 spiro atoms. The van der Waals surface area contributed by atoms with Crippen LogP contribution in [-0.4, -0.2) is 0 Å². The van der Waals surface area contributed by atoms with Gasteiger partial charge in [-0.25, -0.2) is 0 Å². The van der Waals surface area contributed by atoms with E-state index in [1.807, 2.05) is 84.9 Å². The molecular weight excluding hydrogens is 474 g/mol. The van der Waals surface area contributed by atoms with Gasteiger partial charge in [0.05, 0.1) is 0 Å². The third kappa shape index (κ3) is 3.35. The van der Waals surface area contributed by atoms with Gasteiger partial charge >= 0.3 is 0 Å². The van der Waals surface area contributed by atoms with Crippen molar-refractivity contribution in [1.82, 2.24) is 0 Å². The molecule has 4 rings (SSSR count). The monoisotopic (exact) mass is 492 g/mol. The molecule has 0 unspecified atom stereocenters. The average molecular weight is 491 g/mol. The van der Waals surface area contributed by atoms with Gasteiger partial charge in [-0.1, -0.05) is 103 Å². The molecule has 0 aliphatic rings. The first kappa shape index (κ1) is 18.4. The number of fused-ring (bicyclic) bond motifs is 1. The minimum atomic E-state index is -2.92. The second kappa shape index (κ2) is 7.90. The van der Waals surface area contributed by atoms with Crippen molar-refractivity contribution in [1.29, 1.82) is 0 Å². The number of benzene rings is 4. The van der Waals surface area contributed by atoms with Crippen LogP contribution in [0.1, 0.15) is 0 Å². The molecule has 126 valence electrons. The third-order valence-electron chi connectivity index (χ3n) is 4.35. The predicted octanol–water partition coefficient (Wildman–Crippen LogP) is 4.48. The van der Waals surface area contributed by atoms with Crippen molar-refractivity contribution in [2.75, 3.05) is 0 Å². The third-order valence-corrected chi connectivity index (χ3v) is 7.46. The van der Waals surface area contributed by atoms with Gasteiger partial charge in [0.15, 0.2) is 7.14 Å². The maximum atomic E-state index is 14.4. The molecule has 0 saturated heterocycles. The number of hydrogen-bond acceptors (Lipinski definition) is 1. The van der Waals surface area contributed by atoms with Crippen LogP contribution >= 0.6 is 7.14 Å². The van der Waals surface area contributed by atoms with Crippen LogP contribution in [0.15, 0.2) is 103 Å². The van der Waals surface area contributed by atoms with E-state index < -0.39 is 7.14 Å². The van der Waals surface area contributed by atoms with Gasteiger partial charge in [0, 0.05) is 54.1 Å². The van der Waals surface area contributed by atoms with Gasteiger partial charge in [0.25, 0.3) is 0 Å². The van der Waals surface area contributed by atoms with E-state index in [1.165, 1.54) is 0 Å². The maximum Gasteiger partial charge on any atom is 0.171 e. The molecule has 0 radical (unpaired) electrons. The molecule has 4 aromatic carbocycles. The van der Waals surface area contributed by atoms with Crippen LogP contribution in [0.4, 0.5) is 0 Å². The fraction of sp³-hybridized carbons (Fsp3) is 0. The quantitative estimate of drug-likeness (QED) is 0.387. The Bertz CT molecular complexity index is 981. The zero-order valence-electron chi connectivity index (χ0n) is 13.5. The van der Waals surface area contributed by atoms with Gasteiger partial charge in [-0.2, -0.15) is 0 Å². The van der Waals surface area contributed by atoms with Gasteiger partial charge in [0.1, 0.15) is 0 Å². The maximum absolute atomic E-state index is 14.4. The zero-order valence-corrected chi connectivity index (χ0v) is 16.4. The summed E-state index contributed by atoms with van der Waals surface area (Å²) in [6.07, 6.45) is 0. The summed E-state index contributed by atoms with van der Waals surface area (Å²) in [6, 6.07) is 33.8. The predicted molar refractivity (Wildman–Crippen MR) is 103 cm³/mol. The Morgan fingerprint density at radius 2 is 1.00 bits per heavy atom. The Balaban J connectivity index is 0.00000182. The largest absolute Gasteiger partial charge is 0.309 e. The molecule has 25 heavy (non-hydrogen) atoms. The van der Waals surface area contributed by atoms with Crippen molar-refractivity contribution in [3.8, 4) is 0 Å². The second-order valence-corrected chi connectivity index (χ2v) is 8.51. The second-order valence-electron chi connectivity index (χ2n) is 5.78. The topological polar surface area (TPSA) is 17.1 Å². The van der Waals surface area contributed by atoms with E-state index in [9.17, 15) is 4.57 Å². The van der Waals surface area contributed by atoms with Crippen molar-refractivity contribution >= 4 is 33.8 Å². The van der Waals surface area contributed by atoms with Crippen LogP contribution in [0.5, 0.6) is 0 Å². The molecule has 4 aromatic rings. The van der Waals surface area contributed by atoms with Crippen molar-refractivity contribution in [2.45, 2.75) is 0 Å². The van der Waals surface area contributed by atoms with Crippen molar-refractivity contribution in [3.63, 3.8) is 0 Å². The fourth-order valence-corrected chi connectivity index (χ4v) is 6.06. The molecule has 0 N–H and O–H groups in total. The molecule has 0 aliphatic heterocycles. The Labute approximate surface area is 178 Å². The van der Waals surface area contributed by atoms with E-state index in [-0.39, 0.29) is 38.2 Å². The summed E-state index contributed by atoms with van der Waals surface area (Å²) in [4.78, 5) is 0. The van der Waals surface area contributed by atoms with Crippen molar-refractivity contribution in [2.24, 2.45) is 0 Å². The summed E-state index contributed by atoms with van der Waals surface area (Å²) in [7, 11) is -2.92. The fourth-order valence-electron chi connectivity index (χ4n) is 3.19. The van der Waals surface area contributed by atoms with E-state index in [4.69, 9.17) is 0 Å². The molecule has 3 heteroatoms. The molecule has 1 nitrogen and oxygen atoms in total. The first-order chi connectivity index (χ1) is 11.8. The molecule has 0 fully saturated rings. The van der Waals surface area contributed by atoms with E-state index >= 15 is 0 Å². The van der Waals surface area contributed by atoms with Gasteiger partial charge in [-0.05, 0) is 10.8 Å². The van der Waals surface area contributed by atoms with Crippen LogP contribution in [0.25, 0.3) is 10.8 Å². The van der Waals surface area contributed by atoms with Crippen LogP contribution in [-0.2, 0) is 4.57 Å². The van der Waals surface area contributed by atoms with Crippen LogP contribution in [0, 0.1) is 38.2 Å². The summed E-state index contributed by atoms with van der Waals surface area (Å²) in [5.41, 5.74) is 0. The Kier molecular flexibility index (Phi) is 5.82. The molecule has 0 saturated carbocycles. The Morgan fingerprint density at radius 3 is 1.60 bits per heavy atom. The van der Waals surface area contributed by atoms with E-state index in [0.717, 1.165) is 26.7 Å². The minimum Gasteiger partial charge on any atom is -0.309 e. The molecule has 0 aromatic heterocycles. The smallest absolute Gasteiger partial charge is 0.171 e. The zero-order chi connectivity index (χ0) is 16.4. The average Bonchev–Trinajstić information content (AvgIpc) is 2.68. The summed E-state index contributed by atoms with van der Waals surface area (Å²) in [5.74, 6) is 0. The normalized spacial score (nSPS) is 11.0. The van der Waals surface area contributed by atoms with Crippen LogP contribution in [0.3, 0.4) is 0 Å². The molecule has 0 bridgehead atoms. The van der Waals surface area contributed by atoms with Gasteiger partial charge in [-0.3, -0.25) is 0 Å². The standard InChI is InChI=1S/C22H17OP.Dy/c23-24(19-12-3-1-4-13-19,20-14-5-2-6-15-20)22-17-9-11-18-10-7-8-16-21(18)22;/h1-17H;. The van der Waals surface area contributed by atoms with Crippen molar-refractivity contribution < 1.29 is 42.7 Å². The van der Waals surface area contributed by atoms with Gasteiger partial charge in [0.2, 0.25) is 0 Å². The summed E-state index contributed by atoms with van der Waals surface area (Å²) < 4.78 is 14.4. The van der Waals surface area contributed by atoms with Gasteiger partial charge < -0.3 is 4.57 Å². The Hall–Kier alpha value is -1.36. The first-order valence-electron chi connectivity index (χ1n) is 8.00.